The fraction of sp³-hybridized carbons (Fsp3) is 0.150. The van der Waals surface area contributed by atoms with Gasteiger partial charge in [0.25, 0.3) is 0 Å². The van der Waals surface area contributed by atoms with Crippen molar-refractivity contribution in [3.63, 3.8) is 0 Å². The maximum atomic E-state index is 13.9. The normalized spacial score (nSPS) is 14.8. The van der Waals surface area contributed by atoms with Crippen LogP contribution < -0.4 is 4.74 Å². The van der Waals surface area contributed by atoms with Gasteiger partial charge in [-0.15, -0.1) is 0 Å². The lowest BCUT2D eigenvalue weighted by Gasteiger charge is -2.09. The van der Waals surface area contributed by atoms with Crippen LogP contribution in [0.2, 0.25) is 0 Å². The first-order chi connectivity index (χ1) is 13.4. The first-order valence-electron chi connectivity index (χ1n) is 8.36. The van der Waals surface area contributed by atoms with Gasteiger partial charge in [-0.2, -0.15) is 0 Å². The summed E-state index contributed by atoms with van der Waals surface area (Å²) in [6.45, 7) is 1.91. The largest absolute Gasteiger partial charge is 0.424 e. The number of hydrogen-bond donors (Lipinski definition) is 0. The second kappa shape index (κ2) is 9.12. The predicted molar refractivity (Wildman–Crippen MR) is 119 cm³/mol. The highest BCUT2D eigenvalue weighted by Crippen LogP contribution is 2.31. The molecule has 0 atom stereocenters. The SMILES string of the molecule is CCCC(=O)Oc1c(I)cc(/C=C2\N=C(c3ccccc3F)OC2=O)cc1I. The molecule has 1 heterocycles. The number of halogens is 3. The van der Waals surface area contributed by atoms with Gasteiger partial charge >= 0.3 is 11.9 Å². The summed E-state index contributed by atoms with van der Waals surface area (Å²) in [4.78, 5) is 28.0. The van der Waals surface area contributed by atoms with E-state index in [1.54, 1.807) is 30.3 Å². The Labute approximate surface area is 188 Å². The molecule has 0 radical (unpaired) electrons. The van der Waals surface area contributed by atoms with E-state index >= 15 is 0 Å². The molecule has 144 valence electrons. The second-order valence-corrected chi connectivity index (χ2v) is 8.18. The third-order valence-electron chi connectivity index (χ3n) is 3.72. The maximum absolute atomic E-state index is 13.9. The molecular weight excluding hydrogens is 591 g/mol. The zero-order valence-electron chi connectivity index (χ0n) is 14.7. The van der Waals surface area contributed by atoms with E-state index in [4.69, 9.17) is 9.47 Å². The van der Waals surface area contributed by atoms with Gasteiger partial charge in [-0.3, -0.25) is 4.79 Å². The summed E-state index contributed by atoms with van der Waals surface area (Å²) in [5.74, 6) is -1.03. The highest BCUT2D eigenvalue weighted by atomic mass is 127. The minimum absolute atomic E-state index is 0.0659. The van der Waals surface area contributed by atoms with Crippen molar-refractivity contribution in [1.82, 2.24) is 0 Å². The zero-order chi connectivity index (χ0) is 20.3. The Morgan fingerprint density at radius 2 is 1.93 bits per heavy atom. The molecule has 28 heavy (non-hydrogen) atoms. The molecule has 0 amide bonds. The Balaban J connectivity index is 1.90. The molecule has 0 saturated heterocycles. The number of carbonyl (C=O) groups excluding carboxylic acids is 2. The fourth-order valence-electron chi connectivity index (χ4n) is 2.45. The zero-order valence-corrected chi connectivity index (χ0v) is 19.0. The molecule has 0 spiro atoms. The molecule has 0 aliphatic carbocycles. The van der Waals surface area contributed by atoms with Crippen LogP contribution in [0.3, 0.4) is 0 Å². The first-order valence-corrected chi connectivity index (χ1v) is 10.5. The molecular formula is C20H14FI2NO4. The smallest absolute Gasteiger partial charge is 0.363 e. The number of rotatable bonds is 5. The van der Waals surface area contributed by atoms with Gasteiger partial charge in [0.15, 0.2) is 11.4 Å². The lowest BCUT2D eigenvalue weighted by atomic mass is 10.2. The number of ether oxygens (including phenoxy) is 2. The minimum Gasteiger partial charge on any atom is -0.424 e. The predicted octanol–water partition coefficient (Wildman–Crippen LogP) is 5.08. The molecule has 0 unspecified atom stereocenters. The molecule has 1 aliphatic heterocycles. The van der Waals surface area contributed by atoms with Crippen LogP contribution in [0.4, 0.5) is 4.39 Å². The van der Waals surface area contributed by atoms with Crippen LogP contribution in [0.5, 0.6) is 5.75 Å². The molecule has 0 saturated carbocycles. The third-order valence-corrected chi connectivity index (χ3v) is 5.32. The van der Waals surface area contributed by atoms with Gasteiger partial charge in [0.2, 0.25) is 5.90 Å². The van der Waals surface area contributed by atoms with E-state index in [9.17, 15) is 14.0 Å². The standard InChI is InChI=1S/C20H14FI2NO4/c1-2-5-17(25)27-18-14(22)8-11(9-15(18)23)10-16-20(26)28-19(24-16)12-6-3-4-7-13(12)21/h3-4,6-10H,2,5H2,1H3/b16-10-. The number of hydrogen-bond acceptors (Lipinski definition) is 5. The summed E-state index contributed by atoms with van der Waals surface area (Å²) in [7, 11) is 0. The molecule has 0 bridgehead atoms. The number of aliphatic imine (C=N–C) groups is 1. The van der Waals surface area contributed by atoms with Crippen molar-refractivity contribution in [2.24, 2.45) is 4.99 Å². The molecule has 2 aromatic carbocycles. The maximum Gasteiger partial charge on any atom is 0.363 e. The number of benzene rings is 2. The van der Waals surface area contributed by atoms with E-state index in [1.807, 2.05) is 6.92 Å². The average molecular weight is 605 g/mol. The first kappa shape index (κ1) is 20.9. The quantitative estimate of drug-likeness (QED) is 0.207. The van der Waals surface area contributed by atoms with Crippen molar-refractivity contribution in [3.05, 3.63) is 66.2 Å². The summed E-state index contributed by atoms with van der Waals surface area (Å²) >= 11 is 4.14. The number of esters is 2. The van der Waals surface area contributed by atoms with Crippen molar-refractivity contribution in [2.75, 3.05) is 0 Å². The second-order valence-electron chi connectivity index (χ2n) is 5.85. The van der Waals surface area contributed by atoms with Crippen molar-refractivity contribution in [2.45, 2.75) is 19.8 Å². The molecule has 3 rings (SSSR count). The fourth-order valence-corrected chi connectivity index (χ4v) is 4.48. The Morgan fingerprint density at radius 3 is 2.57 bits per heavy atom. The van der Waals surface area contributed by atoms with Crippen LogP contribution in [0.1, 0.15) is 30.9 Å². The summed E-state index contributed by atoms with van der Waals surface area (Å²) in [5.41, 5.74) is 0.886. The third kappa shape index (κ3) is 4.77. The van der Waals surface area contributed by atoms with Crippen LogP contribution in [0.25, 0.3) is 6.08 Å². The van der Waals surface area contributed by atoms with E-state index in [1.165, 1.54) is 12.1 Å². The molecule has 5 nitrogen and oxygen atoms in total. The van der Waals surface area contributed by atoms with Crippen molar-refractivity contribution < 1.29 is 23.5 Å². The molecule has 0 fully saturated rings. The van der Waals surface area contributed by atoms with Gasteiger partial charge in [0, 0.05) is 6.42 Å². The van der Waals surface area contributed by atoms with E-state index < -0.39 is 11.8 Å². The highest BCUT2D eigenvalue weighted by molar-refractivity contribution is 14.1. The van der Waals surface area contributed by atoms with Crippen LogP contribution in [-0.4, -0.2) is 17.8 Å². The van der Waals surface area contributed by atoms with Gasteiger partial charge in [-0.25, -0.2) is 14.2 Å². The van der Waals surface area contributed by atoms with Crippen LogP contribution in [-0.2, 0) is 14.3 Å². The Kier molecular flexibility index (Phi) is 6.81. The Hall–Kier alpha value is -1.82. The lowest BCUT2D eigenvalue weighted by molar-refractivity contribution is -0.134. The van der Waals surface area contributed by atoms with E-state index in [-0.39, 0.29) is 23.1 Å². The van der Waals surface area contributed by atoms with E-state index in [0.29, 0.717) is 24.2 Å². The van der Waals surface area contributed by atoms with Crippen LogP contribution in [0.15, 0.2) is 47.1 Å². The van der Waals surface area contributed by atoms with Crippen molar-refractivity contribution in [3.8, 4) is 5.75 Å². The monoisotopic (exact) mass is 605 g/mol. The Bertz CT molecular complexity index is 994. The van der Waals surface area contributed by atoms with Crippen molar-refractivity contribution >= 4 is 69.1 Å². The number of cyclic esters (lactones) is 1. The summed E-state index contributed by atoms with van der Waals surface area (Å²) < 4.78 is 25.9. The summed E-state index contributed by atoms with van der Waals surface area (Å²) in [6, 6.07) is 9.50. The van der Waals surface area contributed by atoms with Gasteiger partial charge in [-0.1, -0.05) is 19.1 Å². The highest BCUT2D eigenvalue weighted by Gasteiger charge is 2.26. The van der Waals surface area contributed by atoms with Crippen molar-refractivity contribution in [1.29, 1.82) is 0 Å². The van der Waals surface area contributed by atoms with E-state index in [2.05, 4.69) is 50.2 Å². The molecule has 1 aliphatic rings. The van der Waals surface area contributed by atoms with E-state index in [0.717, 1.165) is 7.14 Å². The molecule has 8 heteroatoms. The van der Waals surface area contributed by atoms with Crippen LogP contribution >= 0.6 is 45.2 Å². The number of nitrogens with zero attached hydrogens (tertiary/aromatic N) is 1. The molecule has 0 aromatic heterocycles. The summed E-state index contributed by atoms with van der Waals surface area (Å²) in [5, 5.41) is 0. The summed E-state index contributed by atoms with van der Waals surface area (Å²) in [6.07, 6.45) is 2.61. The number of carbonyl (C=O) groups is 2. The van der Waals surface area contributed by atoms with Crippen LogP contribution in [0, 0.1) is 13.0 Å². The van der Waals surface area contributed by atoms with Gasteiger partial charge in [0.1, 0.15) is 5.82 Å². The lowest BCUT2D eigenvalue weighted by Crippen LogP contribution is -2.09. The topological polar surface area (TPSA) is 65.0 Å². The van der Waals surface area contributed by atoms with Gasteiger partial charge in [-0.05, 0) is 87.5 Å². The van der Waals surface area contributed by atoms with Gasteiger partial charge < -0.3 is 9.47 Å². The minimum atomic E-state index is -0.651. The molecule has 2 aromatic rings. The average Bonchev–Trinajstić information content (AvgIpc) is 2.99. The Morgan fingerprint density at radius 1 is 1.25 bits per heavy atom. The van der Waals surface area contributed by atoms with Gasteiger partial charge in [0.05, 0.1) is 12.7 Å². The molecule has 0 N–H and O–H groups in total.